The molecule has 0 atom stereocenters. The van der Waals surface area contributed by atoms with Crippen LogP contribution >= 0.6 is 0 Å². The third-order valence-corrected chi connectivity index (χ3v) is 5.40. The largest absolute Gasteiger partial charge is 0.487 e. The van der Waals surface area contributed by atoms with Gasteiger partial charge in [-0.1, -0.05) is 32.1 Å². The van der Waals surface area contributed by atoms with Crippen LogP contribution in [0.25, 0.3) is 11.0 Å². The minimum Gasteiger partial charge on any atom is -0.487 e. The highest BCUT2D eigenvalue weighted by molar-refractivity contribution is 5.76. The fourth-order valence-electron chi connectivity index (χ4n) is 3.93. The van der Waals surface area contributed by atoms with Crippen LogP contribution < -0.4 is 10.5 Å². The maximum Gasteiger partial charge on any atom is 0.143 e. The lowest BCUT2D eigenvalue weighted by Gasteiger charge is -2.22. The van der Waals surface area contributed by atoms with Crippen molar-refractivity contribution in [2.75, 3.05) is 5.73 Å². The maximum atomic E-state index is 5.98. The van der Waals surface area contributed by atoms with E-state index in [0.29, 0.717) is 6.61 Å². The molecule has 5 heteroatoms. The number of hydrogen-bond acceptors (Lipinski definition) is 4. The summed E-state index contributed by atoms with van der Waals surface area (Å²) in [4.78, 5) is 8.68. The SMILES string of the molecule is Nc1ccc(OCc2cc3cncnc3n2CCC2CCCCC2)cc1. The van der Waals surface area contributed by atoms with Gasteiger partial charge in [-0.15, -0.1) is 0 Å². The van der Waals surface area contributed by atoms with E-state index in [1.54, 1.807) is 6.33 Å². The number of aromatic nitrogens is 3. The highest BCUT2D eigenvalue weighted by atomic mass is 16.5. The highest BCUT2D eigenvalue weighted by Crippen LogP contribution is 2.28. The maximum absolute atomic E-state index is 5.98. The summed E-state index contributed by atoms with van der Waals surface area (Å²) < 4.78 is 8.29. The number of benzene rings is 1. The minimum atomic E-state index is 0.519. The number of fused-ring (bicyclic) bond motifs is 1. The van der Waals surface area contributed by atoms with Crippen LogP contribution in [0.3, 0.4) is 0 Å². The van der Waals surface area contributed by atoms with Crippen molar-refractivity contribution >= 4 is 16.7 Å². The number of nitrogens with zero attached hydrogens (tertiary/aromatic N) is 3. The Balaban J connectivity index is 1.51. The van der Waals surface area contributed by atoms with Crippen molar-refractivity contribution in [2.24, 2.45) is 5.92 Å². The first-order valence-corrected chi connectivity index (χ1v) is 9.56. The van der Waals surface area contributed by atoms with Gasteiger partial charge in [0, 0.05) is 23.8 Å². The van der Waals surface area contributed by atoms with Crippen LogP contribution in [0, 0.1) is 5.92 Å². The molecule has 26 heavy (non-hydrogen) atoms. The van der Waals surface area contributed by atoms with Crippen LogP contribution in [0.2, 0.25) is 0 Å². The van der Waals surface area contributed by atoms with Gasteiger partial charge in [-0.25, -0.2) is 9.97 Å². The Morgan fingerprint density at radius 1 is 1.12 bits per heavy atom. The molecule has 2 N–H and O–H groups in total. The third kappa shape index (κ3) is 3.82. The Kier molecular flexibility index (Phi) is 5.04. The first-order chi connectivity index (χ1) is 12.8. The van der Waals surface area contributed by atoms with Crippen LogP contribution in [0.4, 0.5) is 5.69 Å². The lowest BCUT2D eigenvalue weighted by atomic mass is 9.87. The van der Waals surface area contributed by atoms with Crippen LogP contribution in [0.5, 0.6) is 5.75 Å². The topological polar surface area (TPSA) is 66.0 Å². The molecule has 0 bridgehead atoms. The summed E-state index contributed by atoms with van der Waals surface area (Å²) in [6.45, 7) is 1.51. The summed E-state index contributed by atoms with van der Waals surface area (Å²) in [5, 5.41) is 1.08. The molecule has 1 aliphatic carbocycles. The second-order valence-corrected chi connectivity index (χ2v) is 7.24. The lowest BCUT2D eigenvalue weighted by molar-refractivity contribution is 0.287. The van der Waals surface area contributed by atoms with Crippen molar-refractivity contribution in [3.63, 3.8) is 0 Å². The van der Waals surface area contributed by atoms with E-state index < -0.39 is 0 Å². The predicted octanol–water partition coefficient (Wildman–Crippen LogP) is 4.56. The van der Waals surface area contributed by atoms with Gasteiger partial charge in [0.05, 0.1) is 5.69 Å². The number of rotatable bonds is 6. The second kappa shape index (κ2) is 7.77. The fraction of sp³-hybridized carbons (Fsp3) is 0.429. The number of aryl methyl sites for hydroxylation is 1. The molecule has 0 radical (unpaired) electrons. The Bertz CT molecular complexity index is 850. The molecule has 0 spiro atoms. The molecule has 0 saturated heterocycles. The molecule has 3 aromatic rings. The first kappa shape index (κ1) is 16.9. The smallest absolute Gasteiger partial charge is 0.143 e. The second-order valence-electron chi connectivity index (χ2n) is 7.24. The number of hydrogen-bond donors (Lipinski definition) is 1. The number of anilines is 1. The van der Waals surface area contributed by atoms with Crippen molar-refractivity contribution in [3.05, 3.63) is 48.5 Å². The van der Waals surface area contributed by atoms with Crippen molar-refractivity contribution in [3.8, 4) is 5.75 Å². The van der Waals surface area contributed by atoms with Crippen LogP contribution in [0.15, 0.2) is 42.9 Å². The molecule has 0 aliphatic heterocycles. The normalized spacial score (nSPS) is 15.4. The zero-order valence-corrected chi connectivity index (χ0v) is 15.1. The first-order valence-electron chi connectivity index (χ1n) is 9.56. The molecule has 1 aromatic carbocycles. The molecule has 0 amide bonds. The van der Waals surface area contributed by atoms with E-state index in [4.69, 9.17) is 10.5 Å². The van der Waals surface area contributed by atoms with Gasteiger partial charge in [0.25, 0.3) is 0 Å². The Morgan fingerprint density at radius 2 is 1.92 bits per heavy atom. The van der Waals surface area contributed by atoms with E-state index >= 15 is 0 Å². The van der Waals surface area contributed by atoms with Gasteiger partial charge in [-0.2, -0.15) is 0 Å². The zero-order chi connectivity index (χ0) is 17.8. The number of nitrogen functional groups attached to an aromatic ring is 1. The Morgan fingerprint density at radius 3 is 2.73 bits per heavy atom. The van der Waals surface area contributed by atoms with E-state index in [9.17, 15) is 0 Å². The van der Waals surface area contributed by atoms with E-state index in [1.165, 1.54) is 38.5 Å². The van der Waals surface area contributed by atoms with Gasteiger partial charge >= 0.3 is 0 Å². The lowest BCUT2D eigenvalue weighted by Crippen LogP contribution is -2.13. The van der Waals surface area contributed by atoms with Gasteiger partial charge in [-0.05, 0) is 42.7 Å². The molecule has 1 fully saturated rings. The van der Waals surface area contributed by atoms with Crippen molar-refractivity contribution in [1.82, 2.24) is 14.5 Å². The molecule has 1 saturated carbocycles. The summed E-state index contributed by atoms with van der Waals surface area (Å²) in [5.74, 6) is 1.67. The van der Waals surface area contributed by atoms with Crippen molar-refractivity contribution in [2.45, 2.75) is 51.7 Å². The van der Waals surface area contributed by atoms with Crippen LogP contribution in [-0.4, -0.2) is 14.5 Å². The Hall–Kier alpha value is -2.56. The van der Waals surface area contributed by atoms with Crippen molar-refractivity contribution in [1.29, 1.82) is 0 Å². The molecule has 136 valence electrons. The molecule has 4 rings (SSSR count). The summed E-state index contributed by atoms with van der Waals surface area (Å²) in [5.41, 5.74) is 8.64. The fourth-order valence-corrected chi connectivity index (χ4v) is 3.93. The molecule has 1 aliphatic rings. The summed E-state index contributed by atoms with van der Waals surface area (Å²) >= 11 is 0. The quantitative estimate of drug-likeness (QED) is 0.662. The van der Waals surface area contributed by atoms with Crippen LogP contribution in [-0.2, 0) is 13.2 Å². The van der Waals surface area contributed by atoms with E-state index in [2.05, 4.69) is 20.6 Å². The van der Waals surface area contributed by atoms with Gasteiger partial charge in [0.15, 0.2) is 0 Å². The van der Waals surface area contributed by atoms with Crippen molar-refractivity contribution < 1.29 is 4.74 Å². The highest BCUT2D eigenvalue weighted by Gasteiger charge is 2.16. The van der Waals surface area contributed by atoms with Gasteiger partial charge in [0.2, 0.25) is 0 Å². The average Bonchev–Trinajstić information content (AvgIpc) is 3.04. The molecule has 5 nitrogen and oxygen atoms in total. The van der Waals surface area contributed by atoms with E-state index in [0.717, 1.165) is 40.6 Å². The minimum absolute atomic E-state index is 0.519. The third-order valence-electron chi connectivity index (χ3n) is 5.40. The van der Waals surface area contributed by atoms with Gasteiger partial charge in [0.1, 0.15) is 24.3 Å². The molecular weight excluding hydrogens is 324 g/mol. The van der Waals surface area contributed by atoms with Gasteiger partial charge in [-0.3, -0.25) is 0 Å². The monoisotopic (exact) mass is 350 g/mol. The summed E-state index contributed by atoms with van der Waals surface area (Å²) in [7, 11) is 0. The number of ether oxygens (including phenoxy) is 1. The summed E-state index contributed by atoms with van der Waals surface area (Å²) in [6.07, 6.45) is 11.6. The summed E-state index contributed by atoms with van der Waals surface area (Å²) in [6, 6.07) is 9.68. The predicted molar refractivity (Wildman–Crippen MR) is 104 cm³/mol. The standard InChI is InChI=1S/C21H26N4O/c22-18-6-8-20(9-7-18)26-14-19-12-17-13-23-15-24-21(17)25(19)11-10-16-4-2-1-3-5-16/h6-9,12-13,15-16H,1-5,10-11,14,22H2. The average molecular weight is 350 g/mol. The molecule has 2 aromatic heterocycles. The molecule has 0 unspecified atom stereocenters. The molecular formula is C21H26N4O. The van der Waals surface area contributed by atoms with Crippen LogP contribution in [0.1, 0.15) is 44.2 Å². The van der Waals surface area contributed by atoms with E-state index in [-0.39, 0.29) is 0 Å². The Labute approximate surface area is 154 Å². The zero-order valence-electron chi connectivity index (χ0n) is 15.1. The van der Waals surface area contributed by atoms with E-state index in [1.807, 2.05) is 30.5 Å². The molecule has 2 heterocycles. The van der Waals surface area contributed by atoms with Gasteiger partial charge < -0.3 is 15.0 Å². The number of nitrogens with two attached hydrogens (primary N) is 1.